The first-order valence-electron chi connectivity index (χ1n) is 8.49. The van der Waals surface area contributed by atoms with E-state index in [0.29, 0.717) is 6.04 Å². The molecule has 1 aliphatic rings. The maximum atomic E-state index is 5.57. The smallest absolute Gasteiger partial charge is 0.191 e. The van der Waals surface area contributed by atoms with Gasteiger partial charge in [-0.1, -0.05) is 18.2 Å². The minimum absolute atomic E-state index is 0. The molecule has 1 fully saturated rings. The summed E-state index contributed by atoms with van der Waals surface area (Å²) in [6, 6.07) is 13.0. The Morgan fingerprint density at radius 1 is 1.28 bits per heavy atom. The second kappa shape index (κ2) is 9.12. The minimum atomic E-state index is 0. The number of benzene rings is 1. The zero-order valence-corrected chi connectivity index (χ0v) is 17.4. The molecule has 2 N–H and O–H groups in total. The zero-order chi connectivity index (χ0) is 16.9. The molecule has 1 saturated heterocycles. The molecule has 2 aromatic rings. The molecule has 3 rings (SSSR count). The molecule has 0 bridgehead atoms. The number of nitrogens with one attached hydrogen (secondary N) is 2. The Morgan fingerprint density at radius 2 is 2.04 bits per heavy atom. The van der Waals surface area contributed by atoms with Gasteiger partial charge < -0.3 is 20.0 Å². The Labute approximate surface area is 166 Å². The fraction of sp³-hybridized carbons (Fsp3) is 0.421. The van der Waals surface area contributed by atoms with Crippen LogP contribution in [0.25, 0.3) is 0 Å². The Balaban J connectivity index is 0.00000225. The second-order valence-electron chi connectivity index (χ2n) is 6.28. The first kappa shape index (κ1) is 19.6. The monoisotopic (exact) mass is 454 g/mol. The van der Waals surface area contributed by atoms with E-state index in [-0.39, 0.29) is 24.0 Å². The molecule has 0 spiro atoms. The Kier molecular flexibility index (Phi) is 7.16. The summed E-state index contributed by atoms with van der Waals surface area (Å²) in [5.74, 6) is 2.75. The van der Waals surface area contributed by atoms with Crippen molar-refractivity contribution in [2.75, 3.05) is 25.0 Å². The number of furan rings is 1. The molecule has 0 aliphatic carbocycles. The highest BCUT2D eigenvalue weighted by Crippen LogP contribution is 2.19. The lowest BCUT2D eigenvalue weighted by atomic mass is 10.2. The maximum Gasteiger partial charge on any atom is 0.191 e. The molecule has 0 radical (unpaired) electrons. The predicted molar refractivity (Wildman–Crippen MR) is 114 cm³/mol. The first-order valence-corrected chi connectivity index (χ1v) is 8.49. The minimum Gasteiger partial charge on any atom is -0.466 e. The van der Waals surface area contributed by atoms with E-state index >= 15 is 0 Å². The van der Waals surface area contributed by atoms with Gasteiger partial charge in [-0.05, 0) is 38.5 Å². The SMILES string of the molecule is CN=C(NCc1cc(C)oc1C)NC1CCN(c2ccccc2)C1.I. The van der Waals surface area contributed by atoms with E-state index in [9.17, 15) is 0 Å². The van der Waals surface area contributed by atoms with Crippen molar-refractivity contribution in [1.29, 1.82) is 0 Å². The molecule has 2 heterocycles. The highest BCUT2D eigenvalue weighted by atomic mass is 127. The van der Waals surface area contributed by atoms with Gasteiger partial charge in [-0.2, -0.15) is 0 Å². The van der Waals surface area contributed by atoms with Crippen molar-refractivity contribution < 1.29 is 4.42 Å². The third-order valence-corrected chi connectivity index (χ3v) is 4.46. The van der Waals surface area contributed by atoms with Crippen LogP contribution < -0.4 is 15.5 Å². The molecule has 25 heavy (non-hydrogen) atoms. The van der Waals surface area contributed by atoms with Crippen molar-refractivity contribution in [3.63, 3.8) is 0 Å². The molecular formula is C19H27IN4O. The number of aliphatic imine (C=N–C) groups is 1. The summed E-state index contributed by atoms with van der Waals surface area (Å²) >= 11 is 0. The molecule has 5 nitrogen and oxygen atoms in total. The number of hydrogen-bond acceptors (Lipinski definition) is 3. The number of halogens is 1. The van der Waals surface area contributed by atoms with E-state index in [1.54, 1.807) is 0 Å². The van der Waals surface area contributed by atoms with Crippen LogP contribution in [0.3, 0.4) is 0 Å². The van der Waals surface area contributed by atoms with Crippen LogP contribution in [-0.2, 0) is 6.54 Å². The van der Waals surface area contributed by atoms with E-state index in [2.05, 4.69) is 56.9 Å². The summed E-state index contributed by atoms with van der Waals surface area (Å²) in [6.07, 6.45) is 1.11. The van der Waals surface area contributed by atoms with Gasteiger partial charge in [0.15, 0.2) is 5.96 Å². The van der Waals surface area contributed by atoms with Crippen LogP contribution in [0.1, 0.15) is 23.5 Å². The molecule has 1 unspecified atom stereocenters. The number of hydrogen-bond donors (Lipinski definition) is 2. The Bertz CT molecular complexity index is 699. The third-order valence-electron chi connectivity index (χ3n) is 4.46. The van der Waals surface area contributed by atoms with Gasteiger partial charge in [-0.25, -0.2) is 0 Å². The molecule has 6 heteroatoms. The summed E-state index contributed by atoms with van der Waals surface area (Å²) in [7, 11) is 1.81. The standard InChI is InChI=1S/C19H26N4O.HI/c1-14-11-16(15(2)24-14)12-21-19(20-3)22-17-9-10-23(13-17)18-7-5-4-6-8-18;/h4-8,11,17H,9-10,12-13H2,1-3H3,(H2,20,21,22);1H. The van der Waals surface area contributed by atoms with Crippen LogP contribution in [0, 0.1) is 13.8 Å². The van der Waals surface area contributed by atoms with Gasteiger partial charge in [0.1, 0.15) is 11.5 Å². The number of aryl methyl sites for hydroxylation is 2. The summed E-state index contributed by atoms with van der Waals surface area (Å²) in [4.78, 5) is 6.76. The molecular weight excluding hydrogens is 427 g/mol. The zero-order valence-electron chi connectivity index (χ0n) is 15.1. The molecule has 1 aromatic heterocycles. The molecule has 136 valence electrons. The van der Waals surface area contributed by atoms with Crippen LogP contribution in [0.5, 0.6) is 0 Å². The topological polar surface area (TPSA) is 52.8 Å². The number of nitrogens with zero attached hydrogens (tertiary/aromatic N) is 2. The number of para-hydroxylation sites is 1. The van der Waals surface area contributed by atoms with Crippen LogP contribution in [0.4, 0.5) is 5.69 Å². The Hall–Kier alpha value is -1.70. The normalized spacial score (nSPS) is 17.3. The van der Waals surface area contributed by atoms with Gasteiger partial charge in [0, 0.05) is 44.0 Å². The van der Waals surface area contributed by atoms with Gasteiger partial charge in [-0.3, -0.25) is 4.99 Å². The van der Waals surface area contributed by atoms with Gasteiger partial charge >= 0.3 is 0 Å². The Morgan fingerprint density at radius 3 is 2.68 bits per heavy atom. The molecule has 1 aromatic carbocycles. The quantitative estimate of drug-likeness (QED) is 0.422. The summed E-state index contributed by atoms with van der Waals surface area (Å²) in [6.45, 7) is 6.75. The van der Waals surface area contributed by atoms with E-state index in [1.807, 2.05) is 20.9 Å². The van der Waals surface area contributed by atoms with Crippen molar-refractivity contribution in [3.05, 3.63) is 53.5 Å². The molecule has 0 saturated carbocycles. The highest BCUT2D eigenvalue weighted by Gasteiger charge is 2.23. The second-order valence-corrected chi connectivity index (χ2v) is 6.28. The van der Waals surface area contributed by atoms with Crippen LogP contribution in [0.2, 0.25) is 0 Å². The van der Waals surface area contributed by atoms with Crippen LogP contribution in [-0.4, -0.2) is 32.1 Å². The lowest BCUT2D eigenvalue weighted by Gasteiger charge is -2.20. The van der Waals surface area contributed by atoms with Crippen molar-refractivity contribution in [1.82, 2.24) is 10.6 Å². The van der Waals surface area contributed by atoms with Crippen molar-refractivity contribution >= 4 is 35.6 Å². The van der Waals surface area contributed by atoms with Gasteiger partial charge in [0.2, 0.25) is 0 Å². The molecule has 0 amide bonds. The fourth-order valence-corrected chi connectivity index (χ4v) is 3.18. The van der Waals surface area contributed by atoms with Crippen molar-refractivity contribution in [3.8, 4) is 0 Å². The van der Waals surface area contributed by atoms with E-state index in [4.69, 9.17) is 4.42 Å². The first-order chi connectivity index (χ1) is 11.7. The number of anilines is 1. The lowest BCUT2D eigenvalue weighted by molar-refractivity contribution is 0.500. The van der Waals surface area contributed by atoms with Gasteiger partial charge in [0.25, 0.3) is 0 Å². The van der Waals surface area contributed by atoms with Crippen LogP contribution >= 0.6 is 24.0 Å². The van der Waals surface area contributed by atoms with Crippen molar-refractivity contribution in [2.24, 2.45) is 4.99 Å². The number of rotatable bonds is 4. The predicted octanol–water partition coefficient (Wildman–Crippen LogP) is 3.46. The van der Waals surface area contributed by atoms with Crippen molar-refractivity contribution in [2.45, 2.75) is 32.9 Å². The highest BCUT2D eigenvalue weighted by molar-refractivity contribution is 14.0. The maximum absolute atomic E-state index is 5.57. The van der Waals surface area contributed by atoms with Crippen LogP contribution in [0.15, 0.2) is 45.8 Å². The van der Waals surface area contributed by atoms with Gasteiger partial charge in [0.05, 0.1) is 0 Å². The van der Waals surface area contributed by atoms with E-state index in [1.165, 1.54) is 11.3 Å². The summed E-state index contributed by atoms with van der Waals surface area (Å²) < 4.78 is 5.57. The molecule has 1 atom stereocenters. The average Bonchev–Trinajstić information content (AvgIpc) is 3.18. The number of guanidine groups is 1. The largest absolute Gasteiger partial charge is 0.466 e. The average molecular weight is 454 g/mol. The summed E-state index contributed by atoms with van der Waals surface area (Å²) in [5, 5.41) is 6.91. The third kappa shape index (κ3) is 5.14. The van der Waals surface area contributed by atoms with E-state index < -0.39 is 0 Å². The fourth-order valence-electron chi connectivity index (χ4n) is 3.18. The van der Waals surface area contributed by atoms with Gasteiger partial charge in [-0.15, -0.1) is 24.0 Å². The lowest BCUT2D eigenvalue weighted by Crippen LogP contribution is -2.44. The molecule has 1 aliphatic heterocycles. The van der Waals surface area contributed by atoms with E-state index in [0.717, 1.165) is 43.5 Å². The summed E-state index contributed by atoms with van der Waals surface area (Å²) in [5.41, 5.74) is 2.46.